The molecule has 0 unspecified atom stereocenters. The SMILES string of the molecule is CCCCc1ccc(-c2ccc(C(=O)N[C@@H](CCCCNC(=O)OC(C)(C)C)C(=O)N3CCC[C@H]3C(=O)N[C@@H](N)C(=O)N[C@@H](CCCCNC(=O)OC(C)(C)C)C(=O)N[C@@H]3CN(CC(=O)OC)C3=O)cc2)cc1. The number of β-lactam (4-membered cyclic amide) rings is 1. The van der Waals surface area contributed by atoms with Crippen LogP contribution in [0, 0.1) is 0 Å². The van der Waals surface area contributed by atoms with Crippen molar-refractivity contribution in [3.05, 3.63) is 59.7 Å². The van der Waals surface area contributed by atoms with Crippen molar-refractivity contribution in [3.63, 3.8) is 0 Å². The molecule has 0 saturated carbocycles. The number of aryl methyl sites for hydroxylation is 1. The third kappa shape index (κ3) is 19.6. The zero-order chi connectivity index (χ0) is 53.9. The molecule has 21 heteroatoms. The first-order valence-corrected chi connectivity index (χ1v) is 25.2. The Kier molecular flexibility index (Phi) is 22.5. The molecule has 2 heterocycles. The molecule has 0 spiro atoms. The summed E-state index contributed by atoms with van der Waals surface area (Å²) < 4.78 is 15.2. The number of methoxy groups -OCH3 is 1. The normalized spacial score (nSPS) is 16.7. The molecule has 2 aromatic carbocycles. The summed E-state index contributed by atoms with van der Waals surface area (Å²) >= 11 is 0. The largest absolute Gasteiger partial charge is 0.468 e. The summed E-state index contributed by atoms with van der Waals surface area (Å²) in [5, 5.41) is 15.8. The zero-order valence-electron chi connectivity index (χ0n) is 43.7. The highest BCUT2D eigenvalue weighted by atomic mass is 16.6. The van der Waals surface area contributed by atoms with Gasteiger partial charge in [0, 0.05) is 25.2 Å². The number of nitrogens with zero attached hydrogens (tertiary/aromatic N) is 2. The number of likely N-dealkylation sites (tertiary alicyclic amines) is 2. The van der Waals surface area contributed by atoms with Gasteiger partial charge in [-0.2, -0.15) is 0 Å². The van der Waals surface area contributed by atoms with Crippen LogP contribution in [0.25, 0.3) is 11.1 Å². The van der Waals surface area contributed by atoms with Gasteiger partial charge in [-0.1, -0.05) is 49.7 Å². The smallest absolute Gasteiger partial charge is 0.407 e. The second kappa shape index (κ2) is 27.9. The van der Waals surface area contributed by atoms with Crippen molar-refractivity contribution in [1.29, 1.82) is 0 Å². The Morgan fingerprint density at radius 3 is 1.82 bits per heavy atom. The third-order valence-electron chi connectivity index (χ3n) is 12.0. The fourth-order valence-corrected chi connectivity index (χ4v) is 8.10. The summed E-state index contributed by atoms with van der Waals surface area (Å²) in [6.07, 6.45) is 2.79. The van der Waals surface area contributed by atoms with Crippen molar-refractivity contribution in [3.8, 4) is 11.1 Å². The van der Waals surface area contributed by atoms with Gasteiger partial charge in [0.2, 0.25) is 23.6 Å². The Morgan fingerprint density at radius 2 is 1.29 bits per heavy atom. The molecule has 2 saturated heterocycles. The van der Waals surface area contributed by atoms with Crippen LogP contribution in [-0.2, 0) is 49.4 Å². The predicted molar refractivity (Wildman–Crippen MR) is 271 cm³/mol. The monoisotopic (exact) mass is 1020 g/mol. The fraction of sp³-hybridized carbons (Fsp3) is 0.596. The molecule has 2 fully saturated rings. The van der Waals surface area contributed by atoms with E-state index in [0.717, 1.165) is 30.4 Å². The number of nitrogens with one attached hydrogen (secondary N) is 6. The maximum absolute atomic E-state index is 14.4. The minimum Gasteiger partial charge on any atom is -0.468 e. The molecule has 0 bridgehead atoms. The molecular formula is C52H77N9O12. The van der Waals surface area contributed by atoms with E-state index in [1.165, 1.54) is 22.5 Å². The van der Waals surface area contributed by atoms with Gasteiger partial charge in [0.25, 0.3) is 11.8 Å². The van der Waals surface area contributed by atoms with Crippen LogP contribution in [-0.4, -0.2) is 145 Å². The second-order valence-corrected chi connectivity index (χ2v) is 20.3. The minimum atomic E-state index is -1.68. The van der Waals surface area contributed by atoms with Crippen LogP contribution >= 0.6 is 0 Å². The van der Waals surface area contributed by atoms with Gasteiger partial charge in [0.1, 0.15) is 41.9 Å². The lowest BCUT2D eigenvalue weighted by atomic mass is 10.0. The number of unbranched alkanes of at least 4 members (excludes halogenated alkanes) is 3. The number of carbonyl (C=O) groups is 9. The molecule has 8 amide bonds. The van der Waals surface area contributed by atoms with Crippen LogP contribution < -0.4 is 37.6 Å². The Labute approximate surface area is 428 Å². The quantitative estimate of drug-likeness (QED) is 0.0247. The van der Waals surface area contributed by atoms with Gasteiger partial charge in [0.05, 0.1) is 13.7 Å². The van der Waals surface area contributed by atoms with Crippen molar-refractivity contribution in [2.75, 3.05) is 39.8 Å². The number of alkyl carbamates (subject to hydrolysis) is 2. The lowest BCUT2D eigenvalue weighted by molar-refractivity contribution is -0.155. The maximum atomic E-state index is 14.4. The summed E-state index contributed by atoms with van der Waals surface area (Å²) in [6.45, 7) is 13.0. The number of carbonyl (C=O) groups excluding carboxylic acids is 9. The van der Waals surface area contributed by atoms with Crippen molar-refractivity contribution in [1.82, 2.24) is 41.7 Å². The summed E-state index contributed by atoms with van der Waals surface area (Å²) in [4.78, 5) is 121. The van der Waals surface area contributed by atoms with Gasteiger partial charge in [-0.15, -0.1) is 0 Å². The van der Waals surface area contributed by atoms with E-state index in [4.69, 9.17) is 15.2 Å². The predicted octanol–water partition coefficient (Wildman–Crippen LogP) is 3.56. The Balaban J connectivity index is 1.42. The van der Waals surface area contributed by atoms with E-state index in [-0.39, 0.29) is 52.0 Å². The van der Waals surface area contributed by atoms with Crippen LogP contribution in [0.3, 0.4) is 0 Å². The van der Waals surface area contributed by atoms with E-state index in [9.17, 15) is 43.2 Å². The van der Waals surface area contributed by atoms with E-state index < -0.39 is 95.1 Å². The summed E-state index contributed by atoms with van der Waals surface area (Å²) in [6, 6.07) is 11.0. The molecule has 5 atom stereocenters. The lowest BCUT2D eigenvalue weighted by Gasteiger charge is -2.38. The Hall–Kier alpha value is -6.77. The average molecular weight is 1020 g/mol. The molecule has 2 aliphatic heterocycles. The van der Waals surface area contributed by atoms with Crippen LogP contribution in [0.1, 0.15) is 129 Å². The van der Waals surface area contributed by atoms with Crippen LogP contribution in [0.5, 0.6) is 0 Å². The van der Waals surface area contributed by atoms with Crippen molar-refractivity contribution in [2.45, 2.75) is 161 Å². The van der Waals surface area contributed by atoms with Gasteiger partial charge in [-0.3, -0.25) is 33.6 Å². The van der Waals surface area contributed by atoms with Crippen molar-refractivity contribution in [2.24, 2.45) is 5.73 Å². The van der Waals surface area contributed by atoms with E-state index in [1.54, 1.807) is 53.7 Å². The van der Waals surface area contributed by atoms with Crippen LogP contribution in [0.2, 0.25) is 0 Å². The van der Waals surface area contributed by atoms with Gasteiger partial charge >= 0.3 is 18.2 Å². The zero-order valence-corrected chi connectivity index (χ0v) is 43.7. The highest BCUT2D eigenvalue weighted by molar-refractivity contribution is 6.00. The molecule has 0 aliphatic carbocycles. The molecular weight excluding hydrogens is 943 g/mol. The average Bonchev–Trinajstić information content (AvgIpc) is 3.83. The molecule has 2 aliphatic rings. The first kappa shape index (κ1) is 58.8. The van der Waals surface area contributed by atoms with Crippen LogP contribution in [0.15, 0.2) is 48.5 Å². The minimum absolute atomic E-state index is 0.0317. The Bertz CT molecular complexity index is 2230. The molecule has 0 radical (unpaired) electrons. The standard InChI is InChI=1S/C52H77N9O12/c1-9-10-16-33-20-22-34(23-21-33)35-24-26-36(27-25-35)43(63)57-38(18-12-14-29-55-50(70)73-52(5,6)7)48(68)61-30-15-19-40(61)45(65)59-42(53)46(66)56-37(17-11-13-28-54-49(69)72-51(2,3)4)44(64)58-39-31-60(47(39)67)32-41(62)71-8/h20-27,37-40,42H,9-19,28-32,53H2,1-8H3,(H,54,69)(H,55,70)(H,56,66)(H,57,63)(H,58,64)(H,59,65)/t37-,38-,39+,40-,42+/m0/s1. The van der Waals surface area contributed by atoms with E-state index >= 15 is 0 Å². The molecule has 2 aromatic rings. The fourth-order valence-electron chi connectivity index (χ4n) is 8.10. The van der Waals surface area contributed by atoms with E-state index in [0.29, 0.717) is 37.7 Å². The number of rotatable bonds is 25. The topological polar surface area (TPSA) is 286 Å². The number of amides is 8. The lowest BCUT2D eigenvalue weighted by Crippen LogP contribution is -2.67. The third-order valence-corrected chi connectivity index (χ3v) is 12.0. The summed E-state index contributed by atoms with van der Waals surface area (Å²) in [7, 11) is 1.19. The number of esters is 1. The molecule has 4 rings (SSSR count). The number of benzene rings is 2. The van der Waals surface area contributed by atoms with Crippen molar-refractivity contribution < 1.29 is 57.4 Å². The molecule has 8 N–H and O–H groups in total. The highest BCUT2D eigenvalue weighted by Crippen LogP contribution is 2.23. The van der Waals surface area contributed by atoms with Crippen molar-refractivity contribution >= 4 is 53.6 Å². The highest BCUT2D eigenvalue weighted by Gasteiger charge is 2.41. The first-order chi connectivity index (χ1) is 34.5. The molecule has 0 aromatic heterocycles. The van der Waals surface area contributed by atoms with Gasteiger partial charge in [-0.25, -0.2) is 9.59 Å². The Morgan fingerprint density at radius 1 is 0.726 bits per heavy atom. The van der Waals surface area contributed by atoms with Gasteiger partial charge in [-0.05, 0) is 135 Å². The molecule has 21 nitrogen and oxygen atoms in total. The number of nitrogens with two attached hydrogens (primary N) is 1. The van der Waals surface area contributed by atoms with E-state index in [1.807, 2.05) is 24.3 Å². The van der Waals surface area contributed by atoms with Gasteiger partial charge in [0.15, 0.2) is 6.17 Å². The number of ether oxygens (including phenoxy) is 3. The first-order valence-electron chi connectivity index (χ1n) is 25.2. The summed E-state index contributed by atoms with van der Waals surface area (Å²) in [5.41, 5.74) is 8.32. The molecule has 402 valence electrons. The number of hydrogen-bond acceptors (Lipinski definition) is 13. The number of hydrogen-bond donors (Lipinski definition) is 7. The maximum Gasteiger partial charge on any atom is 0.407 e. The van der Waals surface area contributed by atoms with Crippen LogP contribution in [0.4, 0.5) is 9.59 Å². The molecule has 73 heavy (non-hydrogen) atoms. The second-order valence-electron chi connectivity index (χ2n) is 20.3. The van der Waals surface area contributed by atoms with Gasteiger partial charge < -0.3 is 61.6 Å². The van der Waals surface area contributed by atoms with E-state index in [2.05, 4.69) is 55.7 Å². The summed E-state index contributed by atoms with van der Waals surface area (Å²) in [5.74, 6) is -4.53.